The van der Waals surface area contributed by atoms with Crippen LogP contribution in [0.25, 0.3) is 6.08 Å². The maximum atomic E-state index is 12.7. The van der Waals surface area contributed by atoms with Gasteiger partial charge in [0.05, 0.1) is 20.4 Å². The van der Waals surface area contributed by atoms with E-state index in [9.17, 15) is 9.59 Å². The van der Waals surface area contributed by atoms with Gasteiger partial charge in [0, 0.05) is 5.02 Å². The van der Waals surface area contributed by atoms with Crippen LogP contribution in [0.15, 0.2) is 62.9 Å². The highest BCUT2D eigenvalue weighted by Gasteiger charge is 2.34. The lowest BCUT2D eigenvalue weighted by Gasteiger charge is -2.13. The van der Waals surface area contributed by atoms with Gasteiger partial charge in [-0.05, 0) is 91.7 Å². The fraction of sp³-hybridized carbons (Fsp3) is 0.143. The predicted octanol–water partition coefficient (Wildman–Crippen LogP) is 6.55. The monoisotopic (exact) mass is 571 g/mol. The minimum atomic E-state index is -0.344. The standard InChI is InChI=1S/C21H16Br2ClNO4S/c1-2-8-29-19-16(22)10-13(11-17(19)23)12-18-20(26)25(21(27)30-18)7-9-28-15-5-3-14(24)4-6-15/h2-6,10-12H,1,7-9H2/b18-12-. The third-order valence-corrected chi connectivity index (χ3v) is 6.27. The van der Waals surface area contributed by atoms with E-state index in [-0.39, 0.29) is 24.3 Å². The highest BCUT2D eigenvalue weighted by molar-refractivity contribution is 9.11. The molecule has 0 bridgehead atoms. The van der Waals surface area contributed by atoms with Crippen molar-refractivity contribution < 1.29 is 19.1 Å². The molecule has 2 aromatic rings. The van der Waals surface area contributed by atoms with E-state index >= 15 is 0 Å². The maximum Gasteiger partial charge on any atom is 0.293 e. The number of nitrogens with zero attached hydrogens (tertiary/aromatic N) is 1. The average Bonchev–Trinajstić information content (AvgIpc) is 2.96. The number of amides is 2. The highest BCUT2D eigenvalue weighted by Crippen LogP contribution is 2.37. The number of thioether (sulfide) groups is 1. The van der Waals surface area contributed by atoms with Gasteiger partial charge in [0.2, 0.25) is 0 Å². The van der Waals surface area contributed by atoms with Crippen molar-refractivity contribution in [3.63, 3.8) is 0 Å². The van der Waals surface area contributed by atoms with Gasteiger partial charge in [-0.1, -0.05) is 24.3 Å². The maximum absolute atomic E-state index is 12.7. The number of halogens is 3. The SMILES string of the molecule is C=CCOc1c(Br)cc(/C=C2\SC(=O)N(CCOc3ccc(Cl)cc3)C2=O)cc1Br. The molecule has 2 aromatic carbocycles. The summed E-state index contributed by atoms with van der Waals surface area (Å²) in [6.45, 7) is 4.35. The van der Waals surface area contributed by atoms with Gasteiger partial charge in [-0.2, -0.15) is 0 Å². The molecule has 9 heteroatoms. The Hall–Kier alpha value is -1.74. The van der Waals surface area contributed by atoms with Crippen LogP contribution in [-0.4, -0.2) is 35.8 Å². The van der Waals surface area contributed by atoms with Crippen molar-refractivity contribution in [1.82, 2.24) is 4.90 Å². The van der Waals surface area contributed by atoms with Crippen molar-refractivity contribution >= 4 is 72.4 Å². The number of ether oxygens (including phenoxy) is 2. The smallest absolute Gasteiger partial charge is 0.293 e. The summed E-state index contributed by atoms with van der Waals surface area (Å²) in [5.74, 6) is 0.916. The molecule has 0 N–H and O–H groups in total. The summed E-state index contributed by atoms with van der Waals surface area (Å²) in [7, 11) is 0. The highest BCUT2D eigenvalue weighted by atomic mass is 79.9. The van der Waals surface area contributed by atoms with E-state index in [1.807, 2.05) is 12.1 Å². The lowest BCUT2D eigenvalue weighted by Crippen LogP contribution is -2.32. The molecule has 1 heterocycles. The molecule has 0 aliphatic carbocycles. The van der Waals surface area contributed by atoms with Crippen molar-refractivity contribution in [1.29, 1.82) is 0 Å². The minimum absolute atomic E-state index is 0.159. The normalized spacial score (nSPS) is 15.0. The number of benzene rings is 2. The summed E-state index contributed by atoms with van der Waals surface area (Å²) in [5, 5.41) is 0.284. The fourth-order valence-corrected chi connectivity index (χ4v) is 5.01. The molecule has 1 fully saturated rings. The van der Waals surface area contributed by atoms with Crippen molar-refractivity contribution in [3.05, 3.63) is 73.5 Å². The number of carbonyl (C=O) groups excluding carboxylic acids is 2. The average molecular weight is 574 g/mol. The predicted molar refractivity (Wildman–Crippen MR) is 127 cm³/mol. The summed E-state index contributed by atoms with van der Waals surface area (Å²) in [5.41, 5.74) is 0.752. The van der Waals surface area contributed by atoms with Crippen LogP contribution in [0.3, 0.4) is 0 Å². The zero-order valence-corrected chi connectivity index (χ0v) is 20.3. The summed E-state index contributed by atoms with van der Waals surface area (Å²) < 4.78 is 12.6. The second kappa shape index (κ2) is 10.5. The van der Waals surface area contributed by atoms with Crippen molar-refractivity contribution in [2.45, 2.75) is 0 Å². The van der Waals surface area contributed by atoms with Crippen LogP contribution in [0.2, 0.25) is 5.02 Å². The third kappa shape index (κ3) is 5.69. The quantitative estimate of drug-likeness (QED) is 0.265. The Labute approximate surface area is 200 Å². The molecule has 3 rings (SSSR count). The molecule has 2 amide bonds. The fourth-order valence-electron chi connectivity index (χ4n) is 2.57. The van der Waals surface area contributed by atoms with E-state index in [1.54, 1.807) is 36.4 Å². The van der Waals surface area contributed by atoms with E-state index < -0.39 is 0 Å². The number of imide groups is 1. The molecule has 156 valence electrons. The van der Waals surface area contributed by atoms with Gasteiger partial charge in [-0.25, -0.2) is 0 Å². The summed E-state index contributed by atoms with van der Waals surface area (Å²) >= 11 is 13.7. The third-order valence-electron chi connectivity index (χ3n) is 3.93. The van der Waals surface area contributed by atoms with Crippen molar-refractivity contribution in [2.75, 3.05) is 19.8 Å². The molecule has 5 nitrogen and oxygen atoms in total. The molecule has 0 aromatic heterocycles. The topological polar surface area (TPSA) is 55.8 Å². The van der Waals surface area contributed by atoms with Gasteiger partial charge in [-0.3, -0.25) is 14.5 Å². The first-order valence-corrected chi connectivity index (χ1v) is 11.5. The second-order valence-corrected chi connectivity index (χ2v) is 9.19. The van der Waals surface area contributed by atoms with Gasteiger partial charge in [0.25, 0.3) is 11.1 Å². The van der Waals surface area contributed by atoms with Crippen LogP contribution in [0, 0.1) is 0 Å². The first-order valence-electron chi connectivity index (χ1n) is 8.75. The van der Waals surface area contributed by atoms with Gasteiger partial charge in [0.15, 0.2) is 0 Å². The van der Waals surface area contributed by atoms with Crippen LogP contribution in [0.4, 0.5) is 4.79 Å². The molecule has 0 saturated carbocycles. The zero-order valence-electron chi connectivity index (χ0n) is 15.6. The number of hydrogen-bond acceptors (Lipinski definition) is 5. The van der Waals surface area contributed by atoms with E-state index in [1.165, 1.54) is 4.90 Å². The molecule has 30 heavy (non-hydrogen) atoms. The number of rotatable bonds is 8. The summed E-state index contributed by atoms with van der Waals surface area (Å²) in [4.78, 5) is 26.5. The molecule has 1 aliphatic rings. The lowest BCUT2D eigenvalue weighted by atomic mass is 10.2. The molecular formula is C21H16Br2ClNO4S. The minimum Gasteiger partial charge on any atom is -0.492 e. The van der Waals surface area contributed by atoms with Crippen LogP contribution in [0.5, 0.6) is 11.5 Å². The van der Waals surface area contributed by atoms with Crippen LogP contribution in [-0.2, 0) is 4.79 Å². The van der Waals surface area contributed by atoms with Gasteiger partial charge >= 0.3 is 0 Å². The van der Waals surface area contributed by atoms with Crippen molar-refractivity contribution in [3.8, 4) is 11.5 Å². The molecule has 1 aliphatic heterocycles. The Kier molecular flexibility index (Phi) is 8.05. The largest absolute Gasteiger partial charge is 0.492 e. The Morgan fingerprint density at radius 2 is 1.77 bits per heavy atom. The summed E-state index contributed by atoms with van der Waals surface area (Å²) in [6.07, 6.45) is 3.33. The summed E-state index contributed by atoms with van der Waals surface area (Å²) in [6, 6.07) is 10.5. The molecule has 1 saturated heterocycles. The Morgan fingerprint density at radius 1 is 1.10 bits per heavy atom. The second-order valence-electron chi connectivity index (χ2n) is 6.05. The first-order chi connectivity index (χ1) is 14.4. The van der Waals surface area contributed by atoms with E-state index in [4.69, 9.17) is 21.1 Å². The Balaban J connectivity index is 1.67. The molecular weight excluding hydrogens is 558 g/mol. The Morgan fingerprint density at radius 3 is 2.40 bits per heavy atom. The molecule has 0 radical (unpaired) electrons. The number of hydrogen-bond donors (Lipinski definition) is 0. The zero-order chi connectivity index (χ0) is 21.7. The van der Waals surface area contributed by atoms with Crippen LogP contribution in [0.1, 0.15) is 5.56 Å². The van der Waals surface area contributed by atoms with Gasteiger partial charge < -0.3 is 9.47 Å². The lowest BCUT2D eigenvalue weighted by molar-refractivity contribution is -0.123. The molecule has 0 spiro atoms. The van der Waals surface area contributed by atoms with E-state index in [0.29, 0.717) is 28.0 Å². The van der Waals surface area contributed by atoms with E-state index in [2.05, 4.69) is 38.4 Å². The van der Waals surface area contributed by atoms with Crippen LogP contribution >= 0.6 is 55.2 Å². The molecule has 0 atom stereocenters. The van der Waals surface area contributed by atoms with E-state index in [0.717, 1.165) is 26.3 Å². The van der Waals surface area contributed by atoms with Crippen LogP contribution < -0.4 is 9.47 Å². The van der Waals surface area contributed by atoms with Crippen molar-refractivity contribution in [2.24, 2.45) is 0 Å². The Bertz CT molecular complexity index is 988. The molecule has 0 unspecified atom stereocenters. The first kappa shape index (κ1) is 22.9. The van der Waals surface area contributed by atoms with Gasteiger partial charge in [-0.15, -0.1) is 0 Å². The number of carbonyl (C=O) groups is 2. The van der Waals surface area contributed by atoms with Gasteiger partial charge in [0.1, 0.15) is 24.7 Å².